The standard InChI is InChI=1S/C12H20N4OS/c1-8-4-3-5-16(6-8)7-10-14-9(2)11(18-10)12(17)15-13/h8H,3-7,13H2,1-2H3,(H,15,17). The van der Waals surface area contributed by atoms with Gasteiger partial charge < -0.3 is 0 Å². The lowest BCUT2D eigenvalue weighted by Crippen LogP contribution is -2.33. The van der Waals surface area contributed by atoms with Crippen molar-refractivity contribution in [3.63, 3.8) is 0 Å². The summed E-state index contributed by atoms with van der Waals surface area (Å²) in [7, 11) is 0. The summed E-state index contributed by atoms with van der Waals surface area (Å²) in [6, 6.07) is 0. The number of carbonyl (C=O) groups is 1. The van der Waals surface area contributed by atoms with E-state index in [2.05, 4.69) is 22.2 Å². The van der Waals surface area contributed by atoms with Gasteiger partial charge in [0.25, 0.3) is 5.91 Å². The molecule has 1 atom stereocenters. The van der Waals surface area contributed by atoms with Crippen LogP contribution >= 0.6 is 11.3 Å². The quantitative estimate of drug-likeness (QED) is 0.492. The van der Waals surface area contributed by atoms with E-state index in [0.717, 1.165) is 36.3 Å². The number of likely N-dealkylation sites (tertiary alicyclic amines) is 1. The molecule has 2 heterocycles. The molecule has 1 aromatic heterocycles. The number of nitrogens with zero attached hydrogens (tertiary/aromatic N) is 2. The van der Waals surface area contributed by atoms with Gasteiger partial charge in [-0.25, -0.2) is 10.8 Å². The number of aromatic nitrogens is 1. The number of hydrogen-bond acceptors (Lipinski definition) is 5. The molecule has 1 aromatic rings. The van der Waals surface area contributed by atoms with Crippen molar-refractivity contribution in [3.05, 3.63) is 15.6 Å². The lowest BCUT2D eigenvalue weighted by molar-refractivity contribution is 0.0957. The van der Waals surface area contributed by atoms with Gasteiger partial charge in [-0.15, -0.1) is 11.3 Å². The van der Waals surface area contributed by atoms with E-state index in [9.17, 15) is 4.79 Å². The van der Waals surface area contributed by atoms with E-state index in [1.807, 2.05) is 6.92 Å². The van der Waals surface area contributed by atoms with Crippen molar-refractivity contribution in [2.75, 3.05) is 13.1 Å². The summed E-state index contributed by atoms with van der Waals surface area (Å²) in [6.45, 7) is 7.22. The molecule has 2 rings (SSSR count). The van der Waals surface area contributed by atoms with Crippen molar-refractivity contribution in [1.29, 1.82) is 0 Å². The zero-order chi connectivity index (χ0) is 13.1. The fourth-order valence-corrected chi connectivity index (χ4v) is 3.43. The van der Waals surface area contributed by atoms with Gasteiger partial charge in [0, 0.05) is 6.54 Å². The van der Waals surface area contributed by atoms with Gasteiger partial charge in [0.05, 0.1) is 12.2 Å². The second kappa shape index (κ2) is 5.77. The van der Waals surface area contributed by atoms with Crippen molar-refractivity contribution in [3.8, 4) is 0 Å². The molecule has 3 N–H and O–H groups in total. The number of nitrogen functional groups attached to an aromatic ring is 1. The van der Waals surface area contributed by atoms with Crippen molar-refractivity contribution in [2.24, 2.45) is 11.8 Å². The maximum Gasteiger partial charge on any atom is 0.277 e. The summed E-state index contributed by atoms with van der Waals surface area (Å²) in [5, 5.41) is 1.00. The summed E-state index contributed by atoms with van der Waals surface area (Å²) in [6.07, 6.45) is 2.57. The summed E-state index contributed by atoms with van der Waals surface area (Å²) >= 11 is 1.44. The number of nitrogens with one attached hydrogen (secondary N) is 1. The Morgan fingerprint density at radius 1 is 1.67 bits per heavy atom. The third kappa shape index (κ3) is 3.07. The minimum absolute atomic E-state index is 0.247. The minimum atomic E-state index is -0.247. The average Bonchev–Trinajstić information content (AvgIpc) is 2.69. The fraction of sp³-hybridized carbons (Fsp3) is 0.667. The second-order valence-corrected chi connectivity index (χ2v) is 6.06. The monoisotopic (exact) mass is 268 g/mol. The molecule has 0 radical (unpaired) electrons. The maximum absolute atomic E-state index is 11.5. The lowest BCUT2D eigenvalue weighted by atomic mass is 10.0. The van der Waals surface area contributed by atoms with Gasteiger partial charge in [0.2, 0.25) is 0 Å². The Balaban J connectivity index is 2.03. The van der Waals surface area contributed by atoms with E-state index in [-0.39, 0.29) is 5.91 Å². The van der Waals surface area contributed by atoms with Gasteiger partial charge in [0.15, 0.2) is 0 Å². The largest absolute Gasteiger partial charge is 0.296 e. The van der Waals surface area contributed by atoms with Gasteiger partial charge in [-0.05, 0) is 32.2 Å². The maximum atomic E-state index is 11.5. The summed E-state index contributed by atoms with van der Waals surface area (Å²) in [4.78, 5) is 19.0. The Labute approximate surface area is 111 Å². The van der Waals surface area contributed by atoms with Crippen LogP contribution in [0.2, 0.25) is 0 Å². The number of rotatable bonds is 3. The van der Waals surface area contributed by atoms with Crippen LogP contribution < -0.4 is 11.3 Å². The van der Waals surface area contributed by atoms with Crippen LogP contribution in [0.3, 0.4) is 0 Å². The topological polar surface area (TPSA) is 71.2 Å². The van der Waals surface area contributed by atoms with E-state index >= 15 is 0 Å². The summed E-state index contributed by atoms with van der Waals surface area (Å²) < 4.78 is 0. The van der Waals surface area contributed by atoms with Crippen LogP contribution in [0.15, 0.2) is 0 Å². The molecule has 1 unspecified atom stereocenters. The number of hydrazine groups is 1. The molecule has 1 aliphatic heterocycles. The first-order chi connectivity index (χ1) is 8.60. The second-order valence-electron chi connectivity index (χ2n) is 4.98. The molecule has 5 nitrogen and oxygen atoms in total. The Morgan fingerprint density at radius 3 is 3.11 bits per heavy atom. The van der Waals surface area contributed by atoms with Crippen molar-refractivity contribution in [1.82, 2.24) is 15.3 Å². The number of piperidine rings is 1. The molecule has 1 amide bonds. The fourth-order valence-electron chi connectivity index (χ4n) is 2.42. The van der Waals surface area contributed by atoms with Crippen LogP contribution in [-0.4, -0.2) is 28.9 Å². The molecule has 1 fully saturated rings. The number of amides is 1. The molecule has 1 aliphatic rings. The summed E-state index contributed by atoms with van der Waals surface area (Å²) in [5.74, 6) is 5.66. The van der Waals surface area contributed by atoms with Crippen LogP contribution in [0.25, 0.3) is 0 Å². The normalized spacial score (nSPS) is 20.9. The van der Waals surface area contributed by atoms with Crippen LogP contribution in [-0.2, 0) is 6.54 Å². The molecule has 6 heteroatoms. The number of nitrogens with two attached hydrogens (primary N) is 1. The minimum Gasteiger partial charge on any atom is -0.296 e. The van der Waals surface area contributed by atoms with Crippen LogP contribution in [0.1, 0.15) is 40.1 Å². The van der Waals surface area contributed by atoms with E-state index in [1.165, 1.54) is 24.2 Å². The van der Waals surface area contributed by atoms with E-state index in [4.69, 9.17) is 5.84 Å². The Kier molecular flexibility index (Phi) is 4.31. The highest BCUT2D eigenvalue weighted by Gasteiger charge is 2.19. The van der Waals surface area contributed by atoms with Gasteiger partial charge >= 0.3 is 0 Å². The zero-order valence-corrected chi connectivity index (χ0v) is 11.7. The zero-order valence-electron chi connectivity index (χ0n) is 10.9. The molecular weight excluding hydrogens is 248 g/mol. The van der Waals surface area contributed by atoms with E-state index in [0.29, 0.717) is 4.88 Å². The molecule has 0 bridgehead atoms. The van der Waals surface area contributed by atoms with E-state index in [1.54, 1.807) is 0 Å². The molecule has 0 spiro atoms. The summed E-state index contributed by atoms with van der Waals surface area (Å²) in [5.41, 5.74) is 2.93. The van der Waals surface area contributed by atoms with E-state index < -0.39 is 0 Å². The van der Waals surface area contributed by atoms with Crippen LogP contribution in [0.5, 0.6) is 0 Å². The number of hydrogen-bond donors (Lipinski definition) is 2. The average molecular weight is 268 g/mol. The van der Waals surface area contributed by atoms with Gasteiger partial charge in [0.1, 0.15) is 9.88 Å². The SMILES string of the molecule is Cc1nc(CN2CCCC(C)C2)sc1C(=O)NN. The first-order valence-electron chi connectivity index (χ1n) is 6.29. The first kappa shape index (κ1) is 13.5. The molecule has 18 heavy (non-hydrogen) atoms. The van der Waals surface area contributed by atoms with Crippen LogP contribution in [0, 0.1) is 12.8 Å². The highest BCUT2D eigenvalue weighted by molar-refractivity contribution is 7.13. The van der Waals surface area contributed by atoms with Gasteiger partial charge in [-0.1, -0.05) is 6.92 Å². The van der Waals surface area contributed by atoms with Crippen LogP contribution in [0.4, 0.5) is 0 Å². The van der Waals surface area contributed by atoms with Gasteiger partial charge in [-0.2, -0.15) is 0 Å². The number of carbonyl (C=O) groups excluding carboxylic acids is 1. The molecule has 1 saturated heterocycles. The Morgan fingerprint density at radius 2 is 2.44 bits per heavy atom. The van der Waals surface area contributed by atoms with Crippen molar-refractivity contribution in [2.45, 2.75) is 33.2 Å². The highest BCUT2D eigenvalue weighted by atomic mass is 32.1. The molecular formula is C12H20N4OS. The third-order valence-corrected chi connectivity index (χ3v) is 4.42. The first-order valence-corrected chi connectivity index (χ1v) is 7.11. The molecule has 0 saturated carbocycles. The third-order valence-electron chi connectivity index (χ3n) is 3.28. The number of aryl methyl sites for hydroxylation is 1. The number of thiazole rings is 1. The predicted octanol–water partition coefficient (Wildman–Crippen LogP) is 1.29. The smallest absolute Gasteiger partial charge is 0.277 e. The Bertz CT molecular complexity index is 432. The lowest BCUT2D eigenvalue weighted by Gasteiger charge is -2.29. The molecule has 0 aliphatic carbocycles. The Hall–Kier alpha value is -0.980. The van der Waals surface area contributed by atoms with Crippen molar-refractivity contribution >= 4 is 17.2 Å². The van der Waals surface area contributed by atoms with Crippen molar-refractivity contribution < 1.29 is 4.79 Å². The predicted molar refractivity (Wildman–Crippen MR) is 72.2 cm³/mol. The highest BCUT2D eigenvalue weighted by Crippen LogP contribution is 2.22. The van der Waals surface area contributed by atoms with Gasteiger partial charge in [-0.3, -0.25) is 15.1 Å². The molecule has 0 aromatic carbocycles. The molecule has 100 valence electrons.